The fourth-order valence-corrected chi connectivity index (χ4v) is 4.48. The number of hydroxylamine groups is 2. The third-order valence-corrected chi connectivity index (χ3v) is 6.23. The summed E-state index contributed by atoms with van der Waals surface area (Å²) in [6, 6.07) is 22.5. The van der Waals surface area contributed by atoms with Gasteiger partial charge in [0, 0.05) is 40.7 Å². The maximum atomic E-state index is 5.71. The van der Waals surface area contributed by atoms with Gasteiger partial charge in [-0.3, -0.25) is 14.8 Å². The van der Waals surface area contributed by atoms with E-state index >= 15 is 0 Å². The van der Waals surface area contributed by atoms with E-state index in [-0.39, 0.29) is 6.17 Å². The first-order chi connectivity index (χ1) is 17.2. The summed E-state index contributed by atoms with van der Waals surface area (Å²) in [6.07, 6.45) is 3.25. The van der Waals surface area contributed by atoms with Gasteiger partial charge in [-0.15, -0.1) is 10.2 Å². The second-order valence-electron chi connectivity index (χ2n) is 8.30. The Hall–Kier alpha value is -4.17. The van der Waals surface area contributed by atoms with E-state index in [4.69, 9.17) is 9.83 Å². The lowest BCUT2D eigenvalue weighted by atomic mass is 9.92. The zero-order valence-electron chi connectivity index (χ0n) is 20.0. The van der Waals surface area contributed by atoms with Crippen molar-refractivity contribution in [2.45, 2.75) is 32.9 Å². The molecule has 0 saturated carbocycles. The first-order valence-electron chi connectivity index (χ1n) is 11.6. The van der Waals surface area contributed by atoms with Crippen LogP contribution < -0.4 is 0 Å². The van der Waals surface area contributed by atoms with Crippen LogP contribution in [-0.2, 0) is 11.3 Å². The molecule has 35 heavy (non-hydrogen) atoms. The summed E-state index contributed by atoms with van der Waals surface area (Å²) in [5.74, 6) is 0.572. The summed E-state index contributed by atoms with van der Waals surface area (Å²) in [5.41, 5.74) is 8.24. The van der Waals surface area contributed by atoms with Crippen LogP contribution in [-0.4, -0.2) is 49.7 Å². The highest BCUT2D eigenvalue weighted by atomic mass is 16.7. The van der Waals surface area contributed by atoms with Crippen molar-refractivity contribution in [3.05, 3.63) is 95.5 Å². The highest BCUT2D eigenvalue weighted by Gasteiger charge is 2.28. The number of rotatable bonds is 7. The Morgan fingerprint density at radius 1 is 0.943 bits per heavy atom. The van der Waals surface area contributed by atoms with E-state index in [1.165, 1.54) is 0 Å². The summed E-state index contributed by atoms with van der Waals surface area (Å²) in [5, 5.41) is 16.5. The molecule has 4 aromatic rings. The second kappa shape index (κ2) is 9.99. The number of pyridine rings is 1. The van der Waals surface area contributed by atoms with Crippen molar-refractivity contribution in [3.63, 3.8) is 0 Å². The summed E-state index contributed by atoms with van der Waals surface area (Å²) < 4.78 is 0. The zero-order chi connectivity index (χ0) is 24.2. The van der Waals surface area contributed by atoms with Gasteiger partial charge in [0.2, 0.25) is 5.82 Å². The molecule has 5 rings (SSSR count). The minimum atomic E-state index is -0.0823. The molecular weight excluding hydrogens is 438 g/mol. The molecule has 176 valence electrons. The van der Waals surface area contributed by atoms with Crippen molar-refractivity contribution in [3.8, 4) is 22.5 Å². The topological polar surface area (TPSA) is 92.2 Å². The van der Waals surface area contributed by atoms with Gasteiger partial charge < -0.3 is 0 Å². The van der Waals surface area contributed by atoms with Crippen molar-refractivity contribution in [1.82, 2.24) is 30.7 Å². The average Bonchev–Trinajstić information content (AvgIpc) is 3.45. The van der Waals surface area contributed by atoms with Crippen molar-refractivity contribution in [1.29, 1.82) is 0 Å². The Labute approximate surface area is 204 Å². The molecule has 2 aromatic heterocycles. The molecule has 3 heterocycles. The molecule has 8 nitrogen and oxygen atoms in total. The van der Waals surface area contributed by atoms with E-state index in [1.807, 2.05) is 47.7 Å². The molecule has 8 heteroatoms. The minimum Gasteiger partial charge on any atom is -0.275 e. The van der Waals surface area contributed by atoms with E-state index < -0.39 is 0 Å². The largest absolute Gasteiger partial charge is 0.275 e. The van der Waals surface area contributed by atoms with Crippen LogP contribution in [0.15, 0.2) is 89.2 Å². The van der Waals surface area contributed by atoms with Gasteiger partial charge in [0.1, 0.15) is 6.17 Å². The maximum absolute atomic E-state index is 5.71. The van der Waals surface area contributed by atoms with Crippen LogP contribution in [0.1, 0.15) is 31.5 Å². The number of benzene rings is 2. The zero-order valence-corrected chi connectivity index (χ0v) is 20.0. The van der Waals surface area contributed by atoms with Gasteiger partial charge in [0.15, 0.2) is 0 Å². The van der Waals surface area contributed by atoms with Crippen LogP contribution in [0, 0.1) is 0 Å². The number of aromatic nitrogens is 5. The molecule has 1 atom stereocenters. The van der Waals surface area contributed by atoms with Crippen LogP contribution >= 0.6 is 0 Å². The Kier molecular flexibility index (Phi) is 6.45. The molecule has 1 aliphatic rings. The van der Waals surface area contributed by atoms with Crippen molar-refractivity contribution < 1.29 is 4.84 Å². The van der Waals surface area contributed by atoms with Crippen molar-refractivity contribution in [2.75, 3.05) is 7.11 Å². The average molecular weight is 466 g/mol. The van der Waals surface area contributed by atoms with Gasteiger partial charge in [-0.25, -0.2) is 5.06 Å². The van der Waals surface area contributed by atoms with Gasteiger partial charge in [-0.05, 0) is 41.8 Å². The first-order valence-corrected chi connectivity index (χ1v) is 11.6. The number of hydrogen-bond donors (Lipinski definition) is 1. The number of allylic oxidation sites excluding steroid dienone is 2. The van der Waals surface area contributed by atoms with E-state index in [1.54, 1.807) is 7.11 Å². The quantitative estimate of drug-likeness (QED) is 0.420. The van der Waals surface area contributed by atoms with E-state index in [2.05, 4.69) is 69.8 Å². The molecule has 0 fully saturated rings. The van der Waals surface area contributed by atoms with Gasteiger partial charge in [-0.1, -0.05) is 61.5 Å². The molecule has 2 aromatic carbocycles. The smallest absolute Gasteiger partial charge is 0.205 e. The van der Waals surface area contributed by atoms with Crippen molar-refractivity contribution >= 4 is 5.71 Å². The van der Waals surface area contributed by atoms with Crippen LogP contribution in [0.4, 0.5) is 0 Å². The standard InChI is InChI=1S/C27H27N7O/c1-4-25-29-26(24(18(2)34(25)35-3)17-21-9-7-8-16-28-21)20-14-12-19(13-15-20)22-10-5-6-11-23(22)27-30-32-33-31-27/h5-16,25H,4,17H2,1-3H3,(H,30,31,32,33). The van der Waals surface area contributed by atoms with E-state index in [0.717, 1.165) is 51.4 Å². The summed E-state index contributed by atoms with van der Waals surface area (Å²) in [6.45, 7) is 4.21. The third-order valence-electron chi connectivity index (χ3n) is 6.23. The second-order valence-corrected chi connectivity index (χ2v) is 8.30. The van der Waals surface area contributed by atoms with Crippen LogP contribution in [0.3, 0.4) is 0 Å². The molecule has 1 unspecified atom stereocenters. The fourth-order valence-electron chi connectivity index (χ4n) is 4.48. The lowest BCUT2D eigenvalue weighted by Crippen LogP contribution is -2.37. The Bertz CT molecular complexity index is 1350. The summed E-state index contributed by atoms with van der Waals surface area (Å²) >= 11 is 0. The van der Waals surface area contributed by atoms with Gasteiger partial charge in [0.05, 0.1) is 12.8 Å². The predicted molar refractivity (Wildman–Crippen MR) is 135 cm³/mol. The van der Waals surface area contributed by atoms with E-state index in [0.29, 0.717) is 12.2 Å². The van der Waals surface area contributed by atoms with Crippen molar-refractivity contribution in [2.24, 2.45) is 4.99 Å². The summed E-state index contributed by atoms with van der Waals surface area (Å²) in [4.78, 5) is 15.4. The Morgan fingerprint density at radius 2 is 1.69 bits per heavy atom. The highest BCUT2D eigenvalue weighted by Crippen LogP contribution is 2.32. The minimum absolute atomic E-state index is 0.0823. The molecule has 0 radical (unpaired) electrons. The fraction of sp³-hybridized carbons (Fsp3) is 0.222. The maximum Gasteiger partial charge on any atom is 0.205 e. The molecule has 0 aliphatic carbocycles. The molecule has 0 amide bonds. The normalized spacial score (nSPS) is 15.9. The lowest BCUT2D eigenvalue weighted by Gasteiger charge is -2.35. The SMILES string of the molecule is CCC1N=C(c2ccc(-c3ccccc3-c3nn[nH]n3)cc2)C(Cc2ccccn2)=C(C)N1OC. The Morgan fingerprint density at radius 3 is 2.34 bits per heavy atom. The molecular formula is C27H27N7O. The number of tetrazole rings is 1. The number of aromatic amines is 1. The number of nitrogens with zero attached hydrogens (tertiary/aromatic N) is 6. The first kappa shape index (κ1) is 22.6. The monoisotopic (exact) mass is 465 g/mol. The van der Waals surface area contributed by atoms with Crippen LogP contribution in [0.5, 0.6) is 0 Å². The number of aliphatic imine (C=N–C) groups is 1. The molecule has 1 N–H and O–H groups in total. The molecule has 0 saturated heterocycles. The third kappa shape index (κ3) is 4.48. The van der Waals surface area contributed by atoms with E-state index in [9.17, 15) is 0 Å². The molecule has 1 aliphatic heterocycles. The highest BCUT2D eigenvalue weighted by molar-refractivity contribution is 6.13. The number of nitrogens with one attached hydrogen (secondary N) is 1. The van der Waals surface area contributed by atoms with Gasteiger partial charge in [0.25, 0.3) is 0 Å². The molecule has 0 spiro atoms. The lowest BCUT2D eigenvalue weighted by molar-refractivity contribution is -0.132. The van der Waals surface area contributed by atoms with Crippen LogP contribution in [0.2, 0.25) is 0 Å². The molecule has 0 bridgehead atoms. The summed E-state index contributed by atoms with van der Waals surface area (Å²) in [7, 11) is 1.70. The predicted octanol–water partition coefficient (Wildman–Crippen LogP) is 4.85. The van der Waals surface area contributed by atoms with Crippen LogP contribution in [0.25, 0.3) is 22.5 Å². The Balaban J connectivity index is 1.54. The van der Waals surface area contributed by atoms with Gasteiger partial charge in [-0.2, -0.15) is 5.21 Å². The number of hydrogen-bond acceptors (Lipinski definition) is 7. The number of H-pyrrole nitrogens is 1. The van der Waals surface area contributed by atoms with Gasteiger partial charge >= 0.3 is 0 Å².